The summed E-state index contributed by atoms with van der Waals surface area (Å²) in [6.07, 6.45) is 1.87. The summed E-state index contributed by atoms with van der Waals surface area (Å²) < 4.78 is 23.2. The fourth-order valence-electron chi connectivity index (χ4n) is 4.76. The predicted molar refractivity (Wildman–Crippen MR) is 172 cm³/mol. The first kappa shape index (κ1) is 31.6. The van der Waals surface area contributed by atoms with Crippen LogP contribution in [0.4, 0.5) is 5.82 Å². The highest BCUT2D eigenvalue weighted by Crippen LogP contribution is 2.38. The Bertz CT molecular complexity index is 1300. The molecule has 0 bridgehead atoms. The topological polar surface area (TPSA) is 90.4 Å². The van der Waals surface area contributed by atoms with E-state index >= 15 is 0 Å². The van der Waals surface area contributed by atoms with E-state index in [1.54, 1.807) is 0 Å². The molecule has 1 aromatic carbocycles. The van der Waals surface area contributed by atoms with Gasteiger partial charge in [0.25, 0.3) is 0 Å². The van der Waals surface area contributed by atoms with Gasteiger partial charge in [-0.15, -0.1) is 0 Å². The van der Waals surface area contributed by atoms with Crippen molar-refractivity contribution in [3.63, 3.8) is 0 Å². The summed E-state index contributed by atoms with van der Waals surface area (Å²) in [7, 11) is 0.0131. The van der Waals surface area contributed by atoms with E-state index in [1.807, 2.05) is 38.2 Å². The van der Waals surface area contributed by atoms with Crippen LogP contribution in [0.15, 0.2) is 24.3 Å². The zero-order valence-electron chi connectivity index (χ0n) is 26.2. The molecule has 1 aliphatic rings. The summed E-state index contributed by atoms with van der Waals surface area (Å²) in [6.45, 7) is 20.3. The van der Waals surface area contributed by atoms with Gasteiger partial charge in [0.15, 0.2) is 14.1 Å². The molecular weight excluding hydrogens is 551 g/mol. The van der Waals surface area contributed by atoms with Gasteiger partial charge in [0.05, 0.1) is 17.5 Å². The molecule has 1 saturated heterocycles. The largest absolute Gasteiger partial charge is 0.491 e. The second-order valence-corrected chi connectivity index (χ2v) is 18.2. The minimum absolute atomic E-state index is 0.0425. The smallest absolute Gasteiger partial charge is 0.192 e. The molecule has 0 spiro atoms. The zero-order valence-corrected chi connectivity index (χ0v) is 28.0. The highest BCUT2D eigenvalue weighted by atomic mass is 32.1. The Morgan fingerprint density at radius 3 is 2.49 bits per heavy atom. The zero-order chi connectivity index (χ0) is 29.8. The summed E-state index contributed by atoms with van der Waals surface area (Å²) in [5.41, 5.74) is 4.96. The lowest BCUT2D eigenvalue weighted by molar-refractivity contribution is 0.0904. The summed E-state index contributed by atoms with van der Waals surface area (Å²) in [6, 6.07) is 8.38. The molecule has 224 valence electrons. The van der Waals surface area contributed by atoms with Crippen molar-refractivity contribution in [2.75, 3.05) is 38.7 Å². The van der Waals surface area contributed by atoms with E-state index in [9.17, 15) is 0 Å². The number of aryl methyl sites for hydroxylation is 2. The number of nitrogens with zero attached hydrogens (tertiary/aromatic N) is 3. The average molecular weight is 598 g/mol. The number of anilines is 1. The number of benzene rings is 1. The molecule has 0 amide bonds. The molecule has 10 heteroatoms. The van der Waals surface area contributed by atoms with E-state index in [4.69, 9.17) is 23.9 Å². The number of rotatable bonds is 11. The lowest BCUT2D eigenvalue weighted by Crippen LogP contribution is -2.47. The van der Waals surface area contributed by atoms with Crippen molar-refractivity contribution < 1.29 is 13.9 Å². The molecule has 1 atom stereocenters. The van der Waals surface area contributed by atoms with Crippen LogP contribution in [-0.4, -0.2) is 68.2 Å². The minimum atomic E-state index is -1.94. The third kappa shape index (κ3) is 7.73. The third-order valence-corrected chi connectivity index (χ3v) is 13.6. The molecule has 0 radical (unpaired) electrons. The van der Waals surface area contributed by atoms with Crippen molar-refractivity contribution in [3.05, 3.63) is 40.4 Å². The van der Waals surface area contributed by atoms with Gasteiger partial charge in [-0.1, -0.05) is 32.9 Å². The molecule has 1 fully saturated rings. The van der Waals surface area contributed by atoms with Gasteiger partial charge in [-0.3, -0.25) is 0 Å². The molecule has 1 aliphatic heterocycles. The van der Waals surface area contributed by atoms with Crippen molar-refractivity contribution in [2.45, 2.75) is 84.7 Å². The van der Waals surface area contributed by atoms with Crippen LogP contribution in [0.3, 0.4) is 0 Å². The molecular formula is C31H47N5O3SSi. The van der Waals surface area contributed by atoms with Crippen LogP contribution < -0.4 is 15.4 Å². The van der Waals surface area contributed by atoms with E-state index in [2.05, 4.69) is 62.7 Å². The Hall–Kier alpha value is -2.37. The molecule has 0 aliphatic carbocycles. The van der Waals surface area contributed by atoms with Gasteiger partial charge in [-0.2, -0.15) is 4.37 Å². The monoisotopic (exact) mass is 597 g/mol. The van der Waals surface area contributed by atoms with Gasteiger partial charge < -0.3 is 24.5 Å². The van der Waals surface area contributed by atoms with E-state index < -0.39 is 8.32 Å². The van der Waals surface area contributed by atoms with Crippen LogP contribution in [0, 0.1) is 20.8 Å². The van der Waals surface area contributed by atoms with Crippen molar-refractivity contribution in [2.24, 2.45) is 0 Å². The summed E-state index contributed by atoms with van der Waals surface area (Å²) >= 11 is 1.52. The van der Waals surface area contributed by atoms with Crippen LogP contribution in [0.5, 0.6) is 5.75 Å². The maximum Gasteiger partial charge on any atom is 0.192 e. The van der Waals surface area contributed by atoms with Crippen molar-refractivity contribution in [1.29, 1.82) is 0 Å². The van der Waals surface area contributed by atoms with Crippen LogP contribution in [-0.2, 0) is 9.16 Å². The standard InChI is InChI=1S/C31H47N5O3SSi/c1-20-28(27-21(2)36-40-22(27)3)34-30(35-29(20)33-24-13-15-37-16-14-24)23-11-10-12-25(17-23)38-19-26(18-32-7)39-41(8,9)31(4,5)6/h10-12,17,24,26,32H,13-16,18-19H2,1-9H3,(H,33,34,35). The number of likely N-dealkylation sites (N-methyl/N-ethyl adjacent to an activating group) is 1. The Morgan fingerprint density at radius 2 is 1.85 bits per heavy atom. The van der Waals surface area contributed by atoms with Crippen molar-refractivity contribution >= 4 is 25.7 Å². The van der Waals surface area contributed by atoms with E-state index in [1.165, 1.54) is 11.5 Å². The fourth-order valence-corrected chi connectivity index (χ4v) is 6.79. The maximum atomic E-state index is 6.66. The highest BCUT2D eigenvalue weighted by Gasteiger charge is 2.39. The first-order valence-corrected chi connectivity index (χ1v) is 18.3. The minimum Gasteiger partial charge on any atom is -0.491 e. The number of ether oxygens (including phenoxy) is 2. The third-order valence-electron chi connectivity index (χ3n) is 8.21. The molecule has 2 aromatic heterocycles. The fraction of sp³-hybridized carbons (Fsp3) is 0.581. The lowest BCUT2D eigenvalue weighted by atomic mass is 10.0. The molecule has 4 rings (SSSR count). The summed E-state index contributed by atoms with van der Waals surface area (Å²) in [5.74, 6) is 2.31. The predicted octanol–water partition coefficient (Wildman–Crippen LogP) is 6.77. The Labute approximate surface area is 250 Å². The first-order chi connectivity index (χ1) is 19.4. The summed E-state index contributed by atoms with van der Waals surface area (Å²) in [4.78, 5) is 11.3. The second kappa shape index (κ2) is 13.3. The number of aromatic nitrogens is 3. The van der Waals surface area contributed by atoms with Gasteiger partial charge in [-0.05, 0) is 82.5 Å². The first-order valence-electron chi connectivity index (χ1n) is 14.6. The molecule has 41 heavy (non-hydrogen) atoms. The van der Waals surface area contributed by atoms with Crippen molar-refractivity contribution in [1.82, 2.24) is 19.7 Å². The van der Waals surface area contributed by atoms with Crippen LogP contribution in [0.25, 0.3) is 22.6 Å². The van der Waals surface area contributed by atoms with Gasteiger partial charge in [-0.25, -0.2) is 9.97 Å². The second-order valence-electron chi connectivity index (χ2n) is 12.5. The van der Waals surface area contributed by atoms with E-state index in [-0.39, 0.29) is 11.1 Å². The van der Waals surface area contributed by atoms with Gasteiger partial charge >= 0.3 is 0 Å². The Morgan fingerprint density at radius 1 is 1.12 bits per heavy atom. The molecule has 8 nitrogen and oxygen atoms in total. The molecule has 3 heterocycles. The van der Waals surface area contributed by atoms with Crippen molar-refractivity contribution in [3.8, 4) is 28.4 Å². The Kier molecular flexibility index (Phi) is 10.2. The summed E-state index contributed by atoms with van der Waals surface area (Å²) in [5, 5.41) is 7.10. The highest BCUT2D eigenvalue weighted by molar-refractivity contribution is 7.06. The molecule has 2 N–H and O–H groups in total. The number of hydrogen-bond donors (Lipinski definition) is 2. The Balaban J connectivity index is 1.63. The molecule has 0 saturated carbocycles. The normalized spacial score (nSPS) is 15.6. The van der Waals surface area contributed by atoms with E-state index in [0.29, 0.717) is 18.5 Å². The van der Waals surface area contributed by atoms with Gasteiger partial charge in [0.2, 0.25) is 0 Å². The molecule has 3 aromatic rings. The van der Waals surface area contributed by atoms with Gasteiger partial charge in [0.1, 0.15) is 18.2 Å². The van der Waals surface area contributed by atoms with Crippen LogP contribution in [0.1, 0.15) is 49.7 Å². The average Bonchev–Trinajstić information content (AvgIpc) is 3.26. The number of nitrogens with one attached hydrogen (secondary N) is 2. The van der Waals surface area contributed by atoms with E-state index in [0.717, 1.165) is 77.1 Å². The number of hydrogen-bond acceptors (Lipinski definition) is 9. The quantitative estimate of drug-likeness (QED) is 0.234. The SMILES string of the molecule is CNCC(COc1cccc(-c2nc(NC3CCOCC3)c(C)c(-c3c(C)nsc3C)n2)c1)O[Si](C)(C)C(C)(C)C. The maximum absolute atomic E-state index is 6.66. The molecule has 1 unspecified atom stereocenters. The van der Waals surface area contributed by atoms with Crippen LogP contribution >= 0.6 is 11.5 Å². The van der Waals surface area contributed by atoms with Gasteiger partial charge in [0, 0.05) is 47.4 Å². The lowest BCUT2D eigenvalue weighted by Gasteiger charge is -2.39. The van der Waals surface area contributed by atoms with Crippen LogP contribution in [0.2, 0.25) is 18.1 Å².